The molecule has 1 saturated carbocycles. The van der Waals surface area contributed by atoms with Gasteiger partial charge in [0.2, 0.25) is 5.91 Å². The number of nitrogens with zero attached hydrogens (tertiary/aromatic N) is 1. The van der Waals surface area contributed by atoms with Crippen molar-refractivity contribution in [1.29, 1.82) is 0 Å². The van der Waals surface area contributed by atoms with Crippen LogP contribution in [0.4, 0.5) is 0 Å². The Labute approximate surface area is 180 Å². The molecule has 2 fully saturated rings. The first-order chi connectivity index (χ1) is 14.7. The molecule has 0 unspecified atom stereocenters. The number of likely N-dealkylation sites (tertiary alicyclic amines) is 1. The first-order valence-electron chi connectivity index (χ1n) is 11.6. The van der Waals surface area contributed by atoms with Crippen molar-refractivity contribution in [3.63, 3.8) is 0 Å². The number of nitrogens with one attached hydrogen (secondary N) is 1. The molecule has 3 rings (SSSR count). The van der Waals surface area contributed by atoms with Gasteiger partial charge in [0.25, 0.3) is 5.91 Å². The molecule has 1 aromatic rings. The lowest BCUT2D eigenvalue weighted by atomic mass is 9.86. The first-order valence-corrected chi connectivity index (χ1v) is 11.6. The molecule has 0 radical (unpaired) electrons. The lowest BCUT2D eigenvalue weighted by molar-refractivity contribution is -0.134. The maximum atomic E-state index is 12.5. The Hall–Kier alpha value is -2.24. The molecule has 6 nitrogen and oxygen atoms in total. The Morgan fingerprint density at radius 2 is 1.67 bits per heavy atom. The highest BCUT2D eigenvalue weighted by atomic mass is 16.5. The number of piperidine rings is 1. The van der Waals surface area contributed by atoms with Crippen molar-refractivity contribution >= 4 is 11.8 Å². The van der Waals surface area contributed by atoms with Crippen LogP contribution in [0.1, 0.15) is 64.7 Å². The lowest BCUT2D eigenvalue weighted by Gasteiger charge is -2.32. The average molecular weight is 417 g/mol. The number of hydrogen-bond donors (Lipinski definition) is 1. The van der Waals surface area contributed by atoms with Crippen LogP contribution in [0.2, 0.25) is 0 Å². The number of carbonyl (C=O) groups excluding carboxylic acids is 2. The monoisotopic (exact) mass is 416 g/mol. The lowest BCUT2D eigenvalue weighted by Crippen LogP contribution is -2.47. The van der Waals surface area contributed by atoms with E-state index in [1.165, 1.54) is 32.1 Å². The molecule has 1 aliphatic heterocycles. The molecule has 166 valence electrons. The molecular weight excluding hydrogens is 380 g/mol. The summed E-state index contributed by atoms with van der Waals surface area (Å²) in [6.07, 6.45) is 9.81. The molecule has 6 heteroatoms. The predicted octanol–water partition coefficient (Wildman–Crippen LogP) is 3.93. The molecule has 1 aliphatic carbocycles. The summed E-state index contributed by atoms with van der Waals surface area (Å²) in [6, 6.07) is 7.57. The minimum absolute atomic E-state index is 0.00248. The third-order valence-corrected chi connectivity index (χ3v) is 6.22. The van der Waals surface area contributed by atoms with Crippen molar-refractivity contribution in [3.8, 4) is 11.5 Å². The second kappa shape index (κ2) is 11.8. The highest BCUT2D eigenvalue weighted by molar-refractivity contribution is 5.78. The maximum absolute atomic E-state index is 12.5. The van der Waals surface area contributed by atoms with Gasteiger partial charge in [-0.05, 0) is 44.2 Å². The quantitative estimate of drug-likeness (QED) is 0.662. The molecule has 1 N–H and O–H groups in total. The van der Waals surface area contributed by atoms with Crippen LogP contribution in [0.15, 0.2) is 24.3 Å². The zero-order valence-corrected chi connectivity index (χ0v) is 18.2. The fourth-order valence-electron chi connectivity index (χ4n) is 4.46. The summed E-state index contributed by atoms with van der Waals surface area (Å²) in [5, 5.41) is 3.17. The highest BCUT2D eigenvalue weighted by Gasteiger charge is 2.24. The van der Waals surface area contributed by atoms with E-state index in [1.807, 2.05) is 36.1 Å². The average Bonchev–Trinajstić information content (AvgIpc) is 2.78. The van der Waals surface area contributed by atoms with Gasteiger partial charge in [-0.25, -0.2) is 0 Å². The van der Waals surface area contributed by atoms with E-state index in [-0.39, 0.29) is 24.5 Å². The van der Waals surface area contributed by atoms with Gasteiger partial charge in [-0.1, -0.05) is 44.2 Å². The van der Waals surface area contributed by atoms with E-state index in [2.05, 4.69) is 5.32 Å². The second-order valence-electron chi connectivity index (χ2n) is 8.43. The van der Waals surface area contributed by atoms with Crippen molar-refractivity contribution in [3.05, 3.63) is 24.3 Å². The summed E-state index contributed by atoms with van der Waals surface area (Å²) >= 11 is 0. The van der Waals surface area contributed by atoms with Gasteiger partial charge in [-0.15, -0.1) is 0 Å². The van der Waals surface area contributed by atoms with Crippen LogP contribution in [0.25, 0.3) is 0 Å². The molecule has 30 heavy (non-hydrogen) atoms. The fraction of sp³-hybridized carbons (Fsp3) is 0.667. The van der Waals surface area contributed by atoms with Crippen LogP contribution in [0, 0.1) is 5.92 Å². The number of amides is 2. The van der Waals surface area contributed by atoms with E-state index in [0.717, 1.165) is 25.2 Å². The molecule has 0 atom stereocenters. The van der Waals surface area contributed by atoms with Crippen LogP contribution in [0.5, 0.6) is 11.5 Å². The van der Waals surface area contributed by atoms with E-state index in [9.17, 15) is 9.59 Å². The predicted molar refractivity (Wildman–Crippen MR) is 117 cm³/mol. The summed E-state index contributed by atoms with van der Waals surface area (Å²) in [6.45, 7) is 3.78. The van der Waals surface area contributed by atoms with E-state index < -0.39 is 0 Å². The van der Waals surface area contributed by atoms with Gasteiger partial charge in [0, 0.05) is 25.6 Å². The van der Waals surface area contributed by atoms with Gasteiger partial charge in [-0.3, -0.25) is 9.59 Å². The molecule has 1 heterocycles. The van der Waals surface area contributed by atoms with Crippen molar-refractivity contribution in [2.75, 3.05) is 26.3 Å². The number of carbonyl (C=O) groups is 2. The minimum Gasteiger partial charge on any atom is -0.490 e. The number of hydrogen-bond acceptors (Lipinski definition) is 4. The fourth-order valence-corrected chi connectivity index (χ4v) is 4.46. The Kier molecular flexibility index (Phi) is 8.84. The summed E-state index contributed by atoms with van der Waals surface area (Å²) < 4.78 is 11.2. The molecule has 1 aromatic carbocycles. The summed E-state index contributed by atoms with van der Waals surface area (Å²) in [4.78, 5) is 26.6. The van der Waals surface area contributed by atoms with Gasteiger partial charge in [0.1, 0.15) is 0 Å². The third-order valence-electron chi connectivity index (χ3n) is 6.22. The van der Waals surface area contributed by atoms with Gasteiger partial charge in [0.05, 0.1) is 6.61 Å². The van der Waals surface area contributed by atoms with Gasteiger partial charge >= 0.3 is 0 Å². The topological polar surface area (TPSA) is 67.9 Å². The van der Waals surface area contributed by atoms with Crippen LogP contribution in [-0.2, 0) is 9.59 Å². The van der Waals surface area contributed by atoms with Crippen molar-refractivity contribution in [2.45, 2.75) is 70.8 Å². The molecule has 0 aromatic heterocycles. The van der Waals surface area contributed by atoms with Gasteiger partial charge < -0.3 is 19.7 Å². The maximum Gasteiger partial charge on any atom is 0.260 e. The Morgan fingerprint density at radius 3 is 2.33 bits per heavy atom. The standard InChI is InChI=1S/C24H36N2O4/c1-2-29-21-10-6-7-11-22(21)30-18-24(28)26-16-14-20(15-17-26)25-23(27)13-12-19-8-4-3-5-9-19/h6-7,10-11,19-20H,2-5,8-9,12-18H2,1H3,(H,25,27). The number of benzene rings is 1. The molecule has 2 amide bonds. The Balaban J connectivity index is 1.34. The van der Waals surface area contributed by atoms with Crippen LogP contribution >= 0.6 is 0 Å². The van der Waals surface area contributed by atoms with Crippen molar-refractivity contribution in [2.24, 2.45) is 5.92 Å². The van der Waals surface area contributed by atoms with Crippen LogP contribution < -0.4 is 14.8 Å². The molecule has 0 bridgehead atoms. The summed E-state index contributed by atoms with van der Waals surface area (Å²) in [7, 11) is 0. The van der Waals surface area contributed by atoms with E-state index in [0.29, 0.717) is 37.6 Å². The second-order valence-corrected chi connectivity index (χ2v) is 8.43. The summed E-state index contributed by atoms with van der Waals surface area (Å²) in [5.41, 5.74) is 0. The number of rotatable bonds is 9. The van der Waals surface area contributed by atoms with Gasteiger partial charge in [-0.2, -0.15) is 0 Å². The van der Waals surface area contributed by atoms with E-state index in [4.69, 9.17) is 9.47 Å². The zero-order valence-electron chi connectivity index (χ0n) is 18.2. The smallest absolute Gasteiger partial charge is 0.260 e. The van der Waals surface area contributed by atoms with Gasteiger partial charge in [0.15, 0.2) is 18.1 Å². The molecular formula is C24H36N2O4. The molecule has 0 spiro atoms. The largest absolute Gasteiger partial charge is 0.490 e. The number of ether oxygens (including phenoxy) is 2. The molecule has 2 aliphatic rings. The summed E-state index contributed by atoms with van der Waals surface area (Å²) in [5.74, 6) is 2.12. The minimum atomic E-state index is -0.0247. The number of para-hydroxylation sites is 2. The first kappa shape index (κ1) is 22.4. The Morgan fingerprint density at radius 1 is 1.00 bits per heavy atom. The zero-order chi connectivity index (χ0) is 21.2. The van der Waals surface area contributed by atoms with E-state index in [1.54, 1.807) is 0 Å². The van der Waals surface area contributed by atoms with Crippen LogP contribution in [-0.4, -0.2) is 49.1 Å². The van der Waals surface area contributed by atoms with Crippen molar-refractivity contribution in [1.82, 2.24) is 10.2 Å². The highest BCUT2D eigenvalue weighted by Crippen LogP contribution is 2.28. The van der Waals surface area contributed by atoms with Crippen LogP contribution in [0.3, 0.4) is 0 Å². The van der Waals surface area contributed by atoms with Crippen molar-refractivity contribution < 1.29 is 19.1 Å². The van der Waals surface area contributed by atoms with E-state index >= 15 is 0 Å². The third kappa shape index (κ3) is 6.92. The Bertz CT molecular complexity index is 680. The normalized spacial score (nSPS) is 18.1. The SMILES string of the molecule is CCOc1ccccc1OCC(=O)N1CCC(NC(=O)CCC2CCCCC2)CC1. The molecule has 1 saturated heterocycles.